The van der Waals surface area contributed by atoms with Crippen LogP contribution in [0.15, 0.2) is 0 Å². The Morgan fingerprint density at radius 3 is 2.18 bits per heavy atom. The van der Waals surface area contributed by atoms with Crippen molar-refractivity contribution in [3.05, 3.63) is 0 Å². The summed E-state index contributed by atoms with van der Waals surface area (Å²) in [7, 11) is 0. The molecular formula is C27H42O6. The SMILES string of the molecule is CC(=O)OC[C@@]1(C(=O)O)CC[C@]2(C)C(CCC3C2(C)CCC2C(C)(C)[C@@H](O)CC[C@@]23C)C1=O. The van der Waals surface area contributed by atoms with Gasteiger partial charge in [0.2, 0.25) is 0 Å². The molecule has 0 amide bonds. The van der Waals surface area contributed by atoms with Crippen LogP contribution in [-0.4, -0.2) is 40.6 Å². The first-order chi connectivity index (χ1) is 15.2. The minimum atomic E-state index is -1.63. The summed E-state index contributed by atoms with van der Waals surface area (Å²) in [4.78, 5) is 37.7. The highest BCUT2D eigenvalue weighted by Gasteiger charge is 2.70. The first-order valence-corrected chi connectivity index (χ1v) is 12.8. The average Bonchev–Trinajstić information content (AvgIpc) is 2.71. The summed E-state index contributed by atoms with van der Waals surface area (Å²) >= 11 is 0. The van der Waals surface area contributed by atoms with E-state index in [-0.39, 0.29) is 52.5 Å². The van der Waals surface area contributed by atoms with Gasteiger partial charge in [0.1, 0.15) is 6.61 Å². The standard InChI is InChI=1S/C27H42O6/c1-16(28)33-15-27(22(31)32)14-13-25(5)17(21(27)30)7-8-19-24(4)11-10-20(29)23(2,3)18(24)9-12-26(19,25)6/h17-20,29H,7-15H2,1-6H3,(H,31,32)/t17?,18?,19?,20-,24-,25+,26?,27-/m0/s1. The number of rotatable bonds is 3. The van der Waals surface area contributed by atoms with Crippen molar-refractivity contribution >= 4 is 17.7 Å². The van der Waals surface area contributed by atoms with Gasteiger partial charge in [0.25, 0.3) is 0 Å². The summed E-state index contributed by atoms with van der Waals surface area (Å²) in [6.45, 7) is 12.3. The van der Waals surface area contributed by atoms with Crippen molar-refractivity contribution in [2.75, 3.05) is 6.61 Å². The van der Waals surface area contributed by atoms with Crippen LogP contribution in [0.5, 0.6) is 0 Å². The smallest absolute Gasteiger partial charge is 0.320 e. The molecule has 0 aromatic rings. The molecule has 0 bridgehead atoms. The van der Waals surface area contributed by atoms with Gasteiger partial charge in [0, 0.05) is 12.8 Å². The number of ether oxygens (including phenoxy) is 1. The van der Waals surface area contributed by atoms with Crippen LogP contribution in [-0.2, 0) is 19.1 Å². The summed E-state index contributed by atoms with van der Waals surface area (Å²) in [6, 6.07) is 0. The van der Waals surface area contributed by atoms with Crippen LogP contribution in [0.2, 0.25) is 0 Å². The zero-order chi connectivity index (χ0) is 24.6. The Labute approximate surface area is 197 Å². The minimum absolute atomic E-state index is 0.0682. The lowest BCUT2D eigenvalue weighted by atomic mass is 9.33. The van der Waals surface area contributed by atoms with Gasteiger partial charge in [0.15, 0.2) is 11.2 Å². The summed E-state index contributed by atoms with van der Waals surface area (Å²) < 4.78 is 5.12. The molecule has 4 aliphatic rings. The molecule has 6 nitrogen and oxygen atoms in total. The first-order valence-electron chi connectivity index (χ1n) is 12.8. The van der Waals surface area contributed by atoms with Gasteiger partial charge in [-0.1, -0.05) is 34.6 Å². The highest BCUT2D eigenvalue weighted by molar-refractivity contribution is 6.05. The molecule has 4 saturated carbocycles. The van der Waals surface area contributed by atoms with Crippen molar-refractivity contribution in [2.45, 2.75) is 99.0 Å². The Morgan fingerprint density at radius 1 is 0.909 bits per heavy atom. The van der Waals surface area contributed by atoms with E-state index >= 15 is 0 Å². The number of hydrogen-bond acceptors (Lipinski definition) is 5. The van der Waals surface area contributed by atoms with E-state index in [4.69, 9.17) is 4.74 Å². The van der Waals surface area contributed by atoms with Gasteiger partial charge in [-0.05, 0) is 84.9 Å². The molecule has 0 spiro atoms. The molecule has 0 heterocycles. The van der Waals surface area contributed by atoms with E-state index in [1.807, 2.05) is 0 Å². The van der Waals surface area contributed by atoms with Crippen molar-refractivity contribution in [2.24, 2.45) is 44.8 Å². The molecule has 6 heteroatoms. The van der Waals surface area contributed by atoms with Crippen LogP contribution in [0.25, 0.3) is 0 Å². The molecule has 0 radical (unpaired) electrons. The molecule has 4 fully saturated rings. The number of hydrogen-bond donors (Lipinski definition) is 2. The lowest BCUT2D eigenvalue weighted by Crippen LogP contribution is -2.67. The fourth-order valence-corrected chi connectivity index (χ4v) is 9.38. The van der Waals surface area contributed by atoms with E-state index in [2.05, 4.69) is 34.6 Å². The number of Topliss-reactive ketones (excluding diaryl/α,β-unsaturated/α-hetero) is 1. The largest absolute Gasteiger partial charge is 0.480 e. The fourth-order valence-electron chi connectivity index (χ4n) is 9.38. The van der Waals surface area contributed by atoms with Crippen LogP contribution in [0.4, 0.5) is 0 Å². The lowest BCUT2D eigenvalue weighted by Gasteiger charge is -2.71. The number of aliphatic carboxylic acids is 1. The zero-order valence-corrected chi connectivity index (χ0v) is 21.2. The van der Waals surface area contributed by atoms with Gasteiger partial charge in [-0.3, -0.25) is 14.4 Å². The van der Waals surface area contributed by atoms with Gasteiger partial charge < -0.3 is 14.9 Å². The Hall–Kier alpha value is -1.43. The normalized spacial score (nSPS) is 48.8. The lowest BCUT2D eigenvalue weighted by molar-refractivity contribution is -0.234. The summed E-state index contributed by atoms with van der Waals surface area (Å²) in [5.41, 5.74) is -2.00. The average molecular weight is 463 g/mol. The molecular weight excluding hydrogens is 420 g/mol. The van der Waals surface area contributed by atoms with Gasteiger partial charge in [0.05, 0.1) is 6.10 Å². The minimum Gasteiger partial charge on any atom is -0.480 e. The molecule has 8 atom stereocenters. The Bertz CT molecular complexity index is 865. The van der Waals surface area contributed by atoms with Crippen molar-refractivity contribution in [3.8, 4) is 0 Å². The molecule has 186 valence electrons. The number of carboxylic acids is 1. The van der Waals surface area contributed by atoms with E-state index in [0.717, 1.165) is 32.1 Å². The van der Waals surface area contributed by atoms with E-state index in [0.29, 0.717) is 24.7 Å². The fraction of sp³-hybridized carbons (Fsp3) is 0.889. The second kappa shape index (κ2) is 7.53. The maximum Gasteiger partial charge on any atom is 0.320 e. The molecule has 33 heavy (non-hydrogen) atoms. The van der Waals surface area contributed by atoms with Crippen LogP contribution >= 0.6 is 0 Å². The van der Waals surface area contributed by atoms with Crippen molar-refractivity contribution in [1.82, 2.24) is 0 Å². The number of fused-ring (bicyclic) bond motifs is 5. The molecule has 0 aliphatic heterocycles. The molecule has 4 unspecified atom stereocenters. The molecule has 0 aromatic carbocycles. The zero-order valence-electron chi connectivity index (χ0n) is 21.2. The third kappa shape index (κ3) is 3.11. The van der Waals surface area contributed by atoms with Gasteiger partial charge >= 0.3 is 11.9 Å². The van der Waals surface area contributed by atoms with Crippen LogP contribution in [0, 0.1) is 44.8 Å². The second-order valence-corrected chi connectivity index (χ2v) is 13.0. The van der Waals surface area contributed by atoms with E-state index in [1.54, 1.807) is 0 Å². The molecule has 0 aromatic heterocycles. The second-order valence-electron chi connectivity index (χ2n) is 13.0. The predicted octanol–water partition coefficient (Wildman–Crippen LogP) is 4.62. The number of esters is 1. The van der Waals surface area contributed by atoms with Gasteiger partial charge in [-0.2, -0.15) is 0 Å². The van der Waals surface area contributed by atoms with E-state index < -0.39 is 17.4 Å². The maximum absolute atomic E-state index is 13.9. The third-order valence-electron chi connectivity index (χ3n) is 11.6. The molecule has 0 saturated heterocycles. The van der Waals surface area contributed by atoms with Gasteiger partial charge in [-0.15, -0.1) is 0 Å². The first kappa shape index (κ1) is 24.7. The summed E-state index contributed by atoms with van der Waals surface area (Å²) in [5, 5.41) is 20.9. The molecule has 4 aliphatic carbocycles. The number of carbonyl (C=O) groups excluding carboxylic acids is 2. The quantitative estimate of drug-likeness (QED) is 0.469. The summed E-state index contributed by atoms with van der Waals surface area (Å²) in [5.74, 6) is -1.41. The van der Waals surface area contributed by atoms with Crippen LogP contribution < -0.4 is 0 Å². The number of carboxylic acid groups (broad SMARTS) is 1. The van der Waals surface area contributed by atoms with Crippen molar-refractivity contribution < 1.29 is 29.3 Å². The highest BCUT2D eigenvalue weighted by atomic mass is 16.5. The number of carbonyl (C=O) groups is 3. The highest BCUT2D eigenvalue weighted by Crippen LogP contribution is 2.74. The Morgan fingerprint density at radius 2 is 1.58 bits per heavy atom. The molecule has 4 rings (SSSR count). The number of ketones is 1. The third-order valence-corrected chi connectivity index (χ3v) is 11.6. The van der Waals surface area contributed by atoms with E-state index in [9.17, 15) is 24.6 Å². The van der Waals surface area contributed by atoms with E-state index in [1.165, 1.54) is 6.92 Å². The maximum atomic E-state index is 13.9. The van der Waals surface area contributed by atoms with Crippen molar-refractivity contribution in [1.29, 1.82) is 0 Å². The predicted molar refractivity (Wildman–Crippen MR) is 123 cm³/mol. The van der Waals surface area contributed by atoms with Crippen LogP contribution in [0.3, 0.4) is 0 Å². The Kier molecular flexibility index (Phi) is 5.64. The topological polar surface area (TPSA) is 101 Å². The summed E-state index contributed by atoms with van der Waals surface area (Å²) in [6.07, 6.45) is 6.03. The molecule has 2 N–H and O–H groups in total. The monoisotopic (exact) mass is 462 g/mol. The van der Waals surface area contributed by atoms with Gasteiger partial charge in [-0.25, -0.2) is 0 Å². The van der Waals surface area contributed by atoms with Crippen LogP contribution in [0.1, 0.15) is 92.9 Å². The van der Waals surface area contributed by atoms with Crippen molar-refractivity contribution in [3.63, 3.8) is 0 Å². The number of aliphatic hydroxyl groups is 1. The number of aliphatic hydroxyl groups excluding tert-OH is 1. The Balaban J connectivity index is 1.70.